The second-order valence-corrected chi connectivity index (χ2v) is 6.87. The molecule has 0 aliphatic heterocycles. The Labute approximate surface area is 144 Å². The molecule has 0 atom stereocenters. The fraction of sp³-hybridized carbons (Fsp3) is 0.0952. The molecule has 1 heterocycles. The summed E-state index contributed by atoms with van der Waals surface area (Å²) in [7, 11) is 1.43. The minimum atomic E-state index is -0.299. The molecule has 3 aromatic carbocycles. The average molecular weight is 332 g/mol. The molecule has 0 fully saturated rings. The number of benzene rings is 3. The van der Waals surface area contributed by atoms with E-state index in [1.807, 2.05) is 25.1 Å². The van der Waals surface area contributed by atoms with Gasteiger partial charge < -0.3 is 4.74 Å². The quantitative estimate of drug-likeness (QED) is 0.433. The molecule has 24 heavy (non-hydrogen) atoms. The van der Waals surface area contributed by atoms with Crippen LogP contribution in [0.25, 0.3) is 31.3 Å². The summed E-state index contributed by atoms with van der Waals surface area (Å²) in [5.74, 6) is -0.299. The summed E-state index contributed by atoms with van der Waals surface area (Å²) >= 11 is 1.76. The van der Waals surface area contributed by atoms with Crippen LogP contribution < -0.4 is 0 Å². The van der Waals surface area contributed by atoms with E-state index in [1.165, 1.54) is 27.3 Å². The van der Waals surface area contributed by atoms with Gasteiger partial charge in [-0.05, 0) is 24.6 Å². The van der Waals surface area contributed by atoms with Crippen LogP contribution in [0.3, 0.4) is 0 Å². The van der Waals surface area contributed by atoms with E-state index >= 15 is 0 Å². The van der Waals surface area contributed by atoms with Crippen molar-refractivity contribution in [1.29, 1.82) is 0 Å². The number of carbonyl (C=O) groups is 1. The number of rotatable bonds is 2. The molecule has 4 aromatic rings. The van der Waals surface area contributed by atoms with E-state index in [4.69, 9.17) is 4.74 Å². The summed E-state index contributed by atoms with van der Waals surface area (Å²) in [5, 5.41) is 2.48. The average Bonchev–Trinajstić information content (AvgIpc) is 3.00. The van der Waals surface area contributed by atoms with Crippen LogP contribution in [0.4, 0.5) is 0 Å². The number of fused-ring (bicyclic) bond motifs is 3. The van der Waals surface area contributed by atoms with Gasteiger partial charge in [0.2, 0.25) is 0 Å². The van der Waals surface area contributed by atoms with Gasteiger partial charge in [-0.1, -0.05) is 54.1 Å². The maximum atomic E-state index is 12.2. The lowest BCUT2D eigenvalue weighted by Gasteiger charge is -2.10. The summed E-state index contributed by atoms with van der Waals surface area (Å²) in [4.78, 5) is 12.2. The Hall–Kier alpha value is -2.65. The molecule has 0 amide bonds. The van der Waals surface area contributed by atoms with Gasteiger partial charge in [-0.15, -0.1) is 11.3 Å². The van der Waals surface area contributed by atoms with Gasteiger partial charge in [0, 0.05) is 25.7 Å². The molecule has 3 heteroatoms. The van der Waals surface area contributed by atoms with Crippen molar-refractivity contribution in [1.82, 2.24) is 0 Å². The predicted molar refractivity (Wildman–Crippen MR) is 101 cm³/mol. The Morgan fingerprint density at radius 2 is 1.71 bits per heavy atom. The summed E-state index contributed by atoms with van der Waals surface area (Å²) < 4.78 is 7.45. The molecule has 0 radical (unpaired) electrons. The highest BCUT2D eigenvalue weighted by atomic mass is 32.1. The lowest BCUT2D eigenvalue weighted by molar-refractivity contribution is 0.0601. The number of aryl methyl sites for hydroxylation is 1. The van der Waals surface area contributed by atoms with Crippen molar-refractivity contribution in [3.05, 3.63) is 71.8 Å². The van der Waals surface area contributed by atoms with Gasteiger partial charge in [-0.25, -0.2) is 4.79 Å². The molecular weight excluding hydrogens is 316 g/mol. The first kappa shape index (κ1) is 14.9. The van der Waals surface area contributed by atoms with Crippen molar-refractivity contribution in [2.24, 2.45) is 0 Å². The van der Waals surface area contributed by atoms with Crippen molar-refractivity contribution < 1.29 is 9.53 Å². The van der Waals surface area contributed by atoms with Crippen molar-refractivity contribution >= 4 is 37.5 Å². The Morgan fingerprint density at radius 1 is 0.917 bits per heavy atom. The van der Waals surface area contributed by atoms with Crippen molar-refractivity contribution in [2.75, 3.05) is 7.11 Å². The Bertz CT molecular complexity index is 1080. The molecular formula is C21H16O2S. The topological polar surface area (TPSA) is 26.3 Å². The molecule has 118 valence electrons. The third-order valence-electron chi connectivity index (χ3n) is 4.27. The smallest absolute Gasteiger partial charge is 0.338 e. The van der Waals surface area contributed by atoms with Gasteiger partial charge in [-0.3, -0.25) is 0 Å². The van der Waals surface area contributed by atoms with Gasteiger partial charge in [0.25, 0.3) is 0 Å². The van der Waals surface area contributed by atoms with E-state index in [1.54, 1.807) is 11.3 Å². The largest absolute Gasteiger partial charge is 0.465 e. The molecule has 0 unspecified atom stereocenters. The number of carbonyl (C=O) groups excluding carboxylic acids is 1. The van der Waals surface area contributed by atoms with Gasteiger partial charge in [0.1, 0.15) is 0 Å². The number of hydrogen-bond acceptors (Lipinski definition) is 3. The monoisotopic (exact) mass is 332 g/mol. The van der Waals surface area contributed by atoms with Crippen LogP contribution in [0.5, 0.6) is 0 Å². The zero-order valence-corrected chi connectivity index (χ0v) is 14.3. The number of ether oxygens (including phenoxy) is 1. The Kier molecular flexibility index (Phi) is 3.58. The highest BCUT2D eigenvalue weighted by molar-refractivity contribution is 7.26. The Balaban J connectivity index is 2.06. The summed E-state index contributed by atoms with van der Waals surface area (Å²) in [6.45, 7) is 1.98. The molecule has 0 aliphatic rings. The zero-order chi connectivity index (χ0) is 16.7. The van der Waals surface area contributed by atoms with Crippen LogP contribution in [0.1, 0.15) is 15.9 Å². The van der Waals surface area contributed by atoms with Gasteiger partial charge in [0.15, 0.2) is 0 Å². The second-order valence-electron chi connectivity index (χ2n) is 5.82. The molecule has 4 rings (SSSR count). The zero-order valence-electron chi connectivity index (χ0n) is 13.5. The van der Waals surface area contributed by atoms with Gasteiger partial charge in [-0.2, -0.15) is 0 Å². The van der Waals surface area contributed by atoms with E-state index < -0.39 is 0 Å². The maximum Gasteiger partial charge on any atom is 0.338 e. The number of methoxy groups -OCH3 is 1. The minimum absolute atomic E-state index is 0.299. The molecule has 0 saturated carbocycles. The first-order valence-electron chi connectivity index (χ1n) is 7.78. The van der Waals surface area contributed by atoms with Crippen LogP contribution in [-0.2, 0) is 4.74 Å². The van der Waals surface area contributed by atoms with E-state index in [2.05, 4.69) is 42.5 Å². The SMILES string of the molecule is COC(=O)c1cc(C)ccc1-c1cccc2c1sc1ccccc12. The second kappa shape index (κ2) is 5.77. The van der Waals surface area contributed by atoms with Crippen LogP contribution >= 0.6 is 11.3 Å². The number of hydrogen-bond donors (Lipinski definition) is 0. The molecule has 0 N–H and O–H groups in total. The highest BCUT2D eigenvalue weighted by Crippen LogP contribution is 2.40. The normalized spacial score (nSPS) is 11.1. The fourth-order valence-corrected chi connectivity index (χ4v) is 4.36. The van der Waals surface area contributed by atoms with Crippen molar-refractivity contribution in [2.45, 2.75) is 6.92 Å². The highest BCUT2D eigenvalue weighted by Gasteiger charge is 2.17. The molecule has 0 saturated heterocycles. The van der Waals surface area contributed by atoms with Crippen LogP contribution in [0.15, 0.2) is 60.7 Å². The van der Waals surface area contributed by atoms with E-state index in [9.17, 15) is 4.79 Å². The summed E-state index contributed by atoms with van der Waals surface area (Å²) in [6, 6.07) is 20.6. The molecule has 0 aliphatic carbocycles. The first-order valence-corrected chi connectivity index (χ1v) is 8.60. The van der Waals surface area contributed by atoms with Crippen LogP contribution in [0, 0.1) is 6.92 Å². The first-order chi connectivity index (χ1) is 11.7. The van der Waals surface area contributed by atoms with E-state index in [0.717, 1.165) is 16.7 Å². The molecule has 0 bridgehead atoms. The van der Waals surface area contributed by atoms with E-state index in [0.29, 0.717) is 5.56 Å². The van der Waals surface area contributed by atoms with Crippen LogP contribution in [-0.4, -0.2) is 13.1 Å². The summed E-state index contributed by atoms with van der Waals surface area (Å²) in [6.07, 6.45) is 0. The summed E-state index contributed by atoms with van der Waals surface area (Å²) in [5.41, 5.74) is 3.66. The maximum absolute atomic E-state index is 12.2. The van der Waals surface area contributed by atoms with Gasteiger partial charge in [0.05, 0.1) is 12.7 Å². The molecule has 0 spiro atoms. The number of thiophene rings is 1. The van der Waals surface area contributed by atoms with Crippen molar-refractivity contribution in [3.63, 3.8) is 0 Å². The molecule has 2 nitrogen and oxygen atoms in total. The van der Waals surface area contributed by atoms with Crippen molar-refractivity contribution in [3.8, 4) is 11.1 Å². The minimum Gasteiger partial charge on any atom is -0.465 e. The standard InChI is InChI=1S/C21H16O2S/c1-13-10-11-14(18(12-13)21(22)23-2)16-7-5-8-17-15-6-3-4-9-19(15)24-20(16)17/h3-12H,1-2H3. The fourth-order valence-electron chi connectivity index (χ4n) is 3.13. The third kappa shape index (κ3) is 2.29. The predicted octanol–water partition coefficient (Wildman–Crippen LogP) is 5.82. The lowest BCUT2D eigenvalue weighted by Crippen LogP contribution is -2.04. The van der Waals surface area contributed by atoms with E-state index in [-0.39, 0.29) is 5.97 Å². The molecule has 1 aromatic heterocycles. The third-order valence-corrected chi connectivity index (χ3v) is 5.49. The Morgan fingerprint density at radius 3 is 2.54 bits per heavy atom. The van der Waals surface area contributed by atoms with Crippen LogP contribution in [0.2, 0.25) is 0 Å². The van der Waals surface area contributed by atoms with Gasteiger partial charge >= 0.3 is 5.97 Å². The lowest BCUT2D eigenvalue weighted by atomic mass is 9.96. The number of esters is 1.